The molecular weight excluding hydrogens is 298 g/mol. The minimum Gasteiger partial charge on any atom is -0.206 e. The first-order chi connectivity index (χ1) is 10.7. The summed E-state index contributed by atoms with van der Waals surface area (Å²) in [6.45, 7) is 3.71. The van der Waals surface area contributed by atoms with Gasteiger partial charge in [-0.05, 0) is 47.4 Å². The van der Waals surface area contributed by atoms with Gasteiger partial charge in [-0.2, -0.15) is 4.39 Å². The fourth-order valence-corrected chi connectivity index (χ4v) is 3.11. The molecule has 0 unspecified atom stereocenters. The Bertz CT molecular complexity index is 801. The highest BCUT2D eigenvalue weighted by atomic mass is 32.1. The zero-order chi connectivity index (χ0) is 15.5. The van der Waals surface area contributed by atoms with Crippen LogP contribution in [0, 0.1) is 10.9 Å². The number of benzene rings is 2. The Labute approximate surface area is 132 Å². The van der Waals surface area contributed by atoms with Crippen LogP contribution < -0.4 is 0 Å². The van der Waals surface area contributed by atoms with E-state index in [0.717, 1.165) is 28.9 Å². The number of rotatable bonds is 4. The molecule has 0 N–H and O–H groups in total. The molecule has 3 rings (SSSR count). The van der Waals surface area contributed by atoms with Crippen LogP contribution in [-0.2, 0) is 6.42 Å². The molecule has 0 atom stereocenters. The average molecular weight is 312 g/mol. The van der Waals surface area contributed by atoms with Crippen LogP contribution in [0.3, 0.4) is 0 Å². The van der Waals surface area contributed by atoms with E-state index in [1.165, 1.54) is 17.7 Å². The Kier molecular flexibility index (Phi) is 4.16. The van der Waals surface area contributed by atoms with Gasteiger partial charge >= 0.3 is 0 Å². The lowest BCUT2D eigenvalue weighted by atomic mass is 10.0. The summed E-state index contributed by atoms with van der Waals surface area (Å²) in [5, 5.41) is -0.309. The molecule has 22 heavy (non-hydrogen) atoms. The molecule has 0 aliphatic rings. The Morgan fingerprint density at radius 1 is 0.909 bits per heavy atom. The molecule has 0 bridgehead atoms. The summed E-state index contributed by atoms with van der Waals surface area (Å²) in [7, 11) is 0. The molecule has 110 valence electrons. The quantitative estimate of drug-likeness (QED) is 0.511. The first-order valence-corrected chi connectivity index (χ1v) is 7.74. The Hall–Kier alpha value is -2.26. The topological polar surface area (TPSA) is 0 Å². The SMILES string of the molecule is C=CCc1ccc(-c2ccc(-c3ccc(F)s3)c(F)c2)cc1. The second-order valence-corrected chi connectivity index (χ2v) is 6.02. The number of hydrogen-bond donors (Lipinski definition) is 0. The Morgan fingerprint density at radius 3 is 2.23 bits per heavy atom. The predicted octanol–water partition coefficient (Wildman–Crippen LogP) is 6.09. The fourth-order valence-electron chi connectivity index (χ4n) is 2.35. The maximum Gasteiger partial charge on any atom is 0.176 e. The van der Waals surface area contributed by atoms with E-state index < -0.39 is 0 Å². The third-order valence-electron chi connectivity index (χ3n) is 3.48. The van der Waals surface area contributed by atoms with Crippen molar-refractivity contribution in [3.63, 3.8) is 0 Å². The van der Waals surface area contributed by atoms with Crippen molar-refractivity contribution < 1.29 is 8.78 Å². The van der Waals surface area contributed by atoms with Gasteiger partial charge in [0.2, 0.25) is 0 Å². The fraction of sp³-hybridized carbons (Fsp3) is 0.0526. The molecule has 3 aromatic rings. The zero-order valence-electron chi connectivity index (χ0n) is 11.9. The molecule has 0 nitrogen and oxygen atoms in total. The van der Waals surface area contributed by atoms with Crippen molar-refractivity contribution in [1.29, 1.82) is 0 Å². The molecular formula is C19H14F2S. The van der Waals surface area contributed by atoms with Gasteiger partial charge in [-0.3, -0.25) is 0 Å². The molecule has 0 fully saturated rings. The van der Waals surface area contributed by atoms with Crippen LogP contribution in [0.1, 0.15) is 5.56 Å². The third-order valence-corrected chi connectivity index (χ3v) is 4.38. The molecule has 0 aliphatic carbocycles. The standard InChI is InChI=1S/C19H14F2S/c1-2-3-13-4-6-14(7-5-13)15-8-9-16(17(20)12-15)18-10-11-19(21)22-18/h2,4-12H,1,3H2. The molecule has 0 radical (unpaired) electrons. The molecule has 0 saturated heterocycles. The molecule has 0 saturated carbocycles. The summed E-state index contributed by atoms with van der Waals surface area (Å²) >= 11 is 0.948. The van der Waals surface area contributed by atoms with Crippen molar-refractivity contribution in [2.75, 3.05) is 0 Å². The van der Waals surface area contributed by atoms with Gasteiger partial charge in [0, 0.05) is 10.4 Å². The van der Waals surface area contributed by atoms with Gasteiger partial charge in [-0.25, -0.2) is 4.39 Å². The van der Waals surface area contributed by atoms with Crippen LogP contribution in [0.15, 0.2) is 67.3 Å². The van der Waals surface area contributed by atoms with Crippen LogP contribution in [0.4, 0.5) is 8.78 Å². The number of halogens is 2. The molecule has 1 heterocycles. The maximum atomic E-state index is 14.3. The van der Waals surface area contributed by atoms with Gasteiger partial charge in [-0.15, -0.1) is 17.9 Å². The van der Waals surface area contributed by atoms with E-state index in [4.69, 9.17) is 0 Å². The summed E-state index contributed by atoms with van der Waals surface area (Å²) in [6, 6.07) is 16.0. The lowest BCUT2D eigenvalue weighted by Gasteiger charge is -2.06. The van der Waals surface area contributed by atoms with E-state index in [0.29, 0.717) is 10.4 Å². The van der Waals surface area contributed by atoms with Gasteiger partial charge in [0.1, 0.15) is 5.82 Å². The largest absolute Gasteiger partial charge is 0.206 e. The van der Waals surface area contributed by atoms with E-state index in [1.807, 2.05) is 36.4 Å². The summed E-state index contributed by atoms with van der Waals surface area (Å²) < 4.78 is 27.4. The zero-order valence-corrected chi connectivity index (χ0v) is 12.7. The first-order valence-electron chi connectivity index (χ1n) is 6.93. The summed E-state index contributed by atoms with van der Waals surface area (Å²) in [5.41, 5.74) is 3.37. The van der Waals surface area contributed by atoms with Crippen molar-refractivity contribution in [2.45, 2.75) is 6.42 Å². The van der Waals surface area contributed by atoms with E-state index in [9.17, 15) is 8.78 Å². The van der Waals surface area contributed by atoms with Crippen molar-refractivity contribution in [1.82, 2.24) is 0 Å². The third kappa shape index (κ3) is 3.00. The highest BCUT2D eigenvalue weighted by molar-refractivity contribution is 7.13. The second-order valence-electron chi connectivity index (χ2n) is 4.99. The minimum atomic E-state index is -0.338. The Morgan fingerprint density at radius 2 is 1.64 bits per heavy atom. The number of allylic oxidation sites excluding steroid dienone is 1. The van der Waals surface area contributed by atoms with Crippen LogP contribution in [0.25, 0.3) is 21.6 Å². The van der Waals surface area contributed by atoms with Crippen LogP contribution in [0.5, 0.6) is 0 Å². The first kappa shape index (κ1) is 14.7. The molecule has 3 heteroatoms. The molecule has 1 aromatic heterocycles. The lowest BCUT2D eigenvalue weighted by Crippen LogP contribution is -1.86. The summed E-state index contributed by atoms with van der Waals surface area (Å²) in [4.78, 5) is 0.600. The van der Waals surface area contributed by atoms with Crippen molar-refractivity contribution in [3.8, 4) is 21.6 Å². The van der Waals surface area contributed by atoms with Gasteiger partial charge in [-0.1, -0.05) is 36.4 Å². The second kappa shape index (κ2) is 6.24. The van der Waals surface area contributed by atoms with Crippen molar-refractivity contribution in [2.24, 2.45) is 0 Å². The number of thiophene rings is 1. The van der Waals surface area contributed by atoms with Gasteiger partial charge in [0.15, 0.2) is 5.13 Å². The lowest BCUT2D eigenvalue weighted by molar-refractivity contribution is 0.632. The molecule has 0 spiro atoms. The molecule has 0 amide bonds. The van der Waals surface area contributed by atoms with Crippen molar-refractivity contribution in [3.05, 3.63) is 83.8 Å². The highest BCUT2D eigenvalue weighted by Gasteiger charge is 2.10. The van der Waals surface area contributed by atoms with Gasteiger partial charge in [0.05, 0.1) is 0 Å². The average Bonchev–Trinajstić information content (AvgIpc) is 2.94. The van der Waals surface area contributed by atoms with Crippen LogP contribution in [0.2, 0.25) is 0 Å². The monoisotopic (exact) mass is 312 g/mol. The summed E-state index contributed by atoms with van der Waals surface area (Å²) in [6.07, 6.45) is 2.67. The van der Waals surface area contributed by atoms with Crippen molar-refractivity contribution >= 4 is 11.3 Å². The number of hydrogen-bond acceptors (Lipinski definition) is 1. The smallest absolute Gasteiger partial charge is 0.176 e. The van der Waals surface area contributed by atoms with Gasteiger partial charge in [0.25, 0.3) is 0 Å². The highest BCUT2D eigenvalue weighted by Crippen LogP contribution is 2.32. The van der Waals surface area contributed by atoms with E-state index in [2.05, 4.69) is 6.58 Å². The van der Waals surface area contributed by atoms with Crippen LogP contribution in [-0.4, -0.2) is 0 Å². The van der Waals surface area contributed by atoms with E-state index >= 15 is 0 Å². The maximum absolute atomic E-state index is 14.3. The molecule has 0 aliphatic heterocycles. The molecule has 2 aromatic carbocycles. The van der Waals surface area contributed by atoms with Gasteiger partial charge < -0.3 is 0 Å². The minimum absolute atomic E-state index is 0.309. The Balaban J connectivity index is 1.92. The van der Waals surface area contributed by atoms with E-state index in [-0.39, 0.29) is 10.9 Å². The normalized spacial score (nSPS) is 10.6. The van der Waals surface area contributed by atoms with Crippen LogP contribution >= 0.6 is 11.3 Å². The summed E-state index contributed by atoms with van der Waals surface area (Å²) in [5.74, 6) is -0.338. The predicted molar refractivity (Wildman–Crippen MR) is 89.0 cm³/mol. The van der Waals surface area contributed by atoms with E-state index in [1.54, 1.807) is 12.1 Å².